The molecule has 3 nitrogen and oxygen atoms in total. The molecule has 0 radical (unpaired) electrons. The summed E-state index contributed by atoms with van der Waals surface area (Å²) in [4.78, 5) is 0. The Morgan fingerprint density at radius 3 is 3.36 bits per heavy atom. The van der Waals surface area contributed by atoms with Gasteiger partial charge in [0.25, 0.3) is 0 Å². The summed E-state index contributed by atoms with van der Waals surface area (Å²) in [5.74, 6) is 2.49. The Hall–Kier alpha value is -1.38. The van der Waals surface area contributed by atoms with Gasteiger partial charge < -0.3 is 14.2 Å². The van der Waals surface area contributed by atoms with Gasteiger partial charge in [0.2, 0.25) is 6.79 Å². The molecule has 0 N–H and O–H groups in total. The SMILES string of the molecule is C1=CC2OC1=CC1=C2OCO1. The van der Waals surface area contributed by atoms with E-state index in [9.17, 15) is 0 Å². The number of hydrogen-bond donors (Lipinski definition) is 0. The Balaban J connectivity index is 2.14. The van der Waals surface area contributed by atoms with Crippen molar-refractivity contribution in [3.05, 3.63) is 35.5 Å². The number of fused-ring (bicyclic) bond motifs is 3. The highest BCUT2D eigenvalue weighted by Crippen LogP contribution is 2.34. The number of hydrogen-bond acceptors (Lipinski definition) is 3. The van der Waals surface area contributed by atoms with Gasteiger partial charge in [0.05, 0.1) is 0 Å². The van der Waals surface area contributed by atoms with Gasteiger partial charge in [-0.15, -0.1) is 0 Å². The van der Waals surface area contributed by atoms with Gasteiger partial charge >= 0.3 is 0 Å². The molecule has 1 atom stereocenters. The van der Waals surface area contributed by atoms with Crippen LogP contribution in [0, 0.1) is 0 Å². The van der Waals surface area contributed by atoms with Crippen molar-refractivity contribution in [2.75, 3.05) is 6.79 Å². The van der Waals surface area contributed by atoms with Gasteiger partial charge in [-0.05, 0) is 12.2 Å². The smallest absolute Gasteiger partial charge is 0.231 e. The summed E-state index contributed by atoms with van der Waals surface area (Å²) in [5.41, 5.74) is 0. The quantitative estimate of drug-likeness (QED) is 0.516. The van der Waals surface area contributed by atoms with E-state index < -0.39 is 0 Å². The maximum atomic E-state index is 5.40. The van der Waals surface area contributed by atoms with Crippen LogP contribution in [-0.4, -0.2) is 12.9 Å². The Labute approximate surface area is 63.5 Å². The van der Waals surface area contributed by atoms with Gasteiger partial charge in [-0.3, -0.25) is 0 Å². The third-order valence-corrected chi connectivity index (χ3v) is 1.90. The van der Waals surface area contributed by atoms with Crippen LogP contribution in [0.5, 0.6) is 0 Å². The lowest BCUT2D eigenvalue weighted by atomic mass is 10.2. The van der Waals surface area contributed by atoms with Crippen molar-refractivity contribution in [1.29, 1.82) is 0 Å². The molecule has 0 aromatic heterocycles. The third kappa shape index (κ3) is 0.576. The molecule has 0 saturated heterocycles. The van der Waals surface area contributed by atoms with E-state index in [1.165, 1.54) is 0 Å². The van der Waals surface area contributed by atoms with Crippen LogP contribution < -0.4 is 0 Å². The first-order valence-electron chi connectivity index (χ1n) is 3.50. The van der Waals surface area contributed by atoms with Crippen LogP contribution in [0.3, 0.4) is 0 Å². The van der Waals surface area contributed by atoms with Gasteiger partial charge in [-0.1, -0.05) is 0 Å². The lowest BCUT2D eigenvalue weighted by Gasteiger charge is -2.13. The van der Waals surface area contributed by atoms with Crippen molar-refractivity contribution in [2.24, 2.45) is 0 Å². The predicted molar refractivity (Wildman–Crippen MR) is 36.2 cm³/mol. The molecule has 0 aromatic rings. The van der Waals surface area contributed by atoms with Crippen molar-refractivity contribution in [3.8, 4) is 0 Å². The Bertz CT molecular complexity index is 298. The summed E-state index contributed by atoms with van der Waals surface area (Å²) >= 11 is 0. The highest BCUT2D eigenvalue weighted by molar-refractivity contribution is 5.39. The van der Waals surface area contributed by atoms with Crippen molar-refractivity contribution < 1.29 is 14.2 Å². The van der Waals surface area contributed by atoms with E-state index in [-0.39, 0.29) is 6.10 Å². The monoisotopic (exact) mass is 150 g/mol. The average molecular weight is 150 g/mol. The molecular formula is C8H6O3. The van der Waals surface area contributed by atoms with Gasteiger partial charge in [0, 0.05) is 6.08 Å². The molecule has 3 aliphatic heterocycles. The molecular weight excluding hydrogens is 144 g/mol. The molecule has 3 rings (SSSR count). The van der Waals surface area contributed by atoms with Crippen LogP contribution in [0.25, 0.3) is 0 Å². The molecule has 3 heterocycles. The molecule has 0 fully saturated rings. The normalized spacial score (nSPS) is 30.5. The summed E-state index contributed by atoms with van der Waals surface area (Å²) in [6.07, 6.45) is 5.70. The van der Waals surface area contributed by atoms with E-state index in [4.69, 9.17) is 14.2 Å². The van der Waals surface area contributed by atoms with Crippen molar-refractivity contribution in [3.63, 3.8) is 0 Å². The Morgan fingerprint density at radius 1 is 1.36 bits per heavy atom. The first-order chi connectivity index (χ1) is 5.43. The molecule has 3 aliphatic rings. The van der Waals surface area contributed by atoms with Crippen LogP contribution >= 0.6 is 0 Å². The topological polar surface area (TPSA) is 27.7 Å². The molecule has 3 heteroatoms. The highest BCUT2D eigenvalue weighted by atomic mass is 16.7. The minimum Gasteiger partial charge on any atom is -0.478 e. The molecule has 1 unspecified atom stereocenters. The number of rotatable bonds is 0. The molecule has 0 aliphatic carbocycles. The predicted octanol–water partition coefficient (Wildman–Crippen LogP) is 1.05. The average Bonchev–Trinajstić information content (AvgIpc) is 2.58. The van der Waals surface area contributed by atoms with Gasteiger partial charge in [0.15, 0.2) is 17.6 Å². The summed E-state index contributed by atoms with van der Waals surface area (Å²) in [5, 5.41) is 0. The second kappa shape index (κ2) is 1.61. The second-order valence-corrected chi connectivity index (χ2v) is 2.58. The molecule has 11 heavy (non-hydrogen) atoms. The van der Waals surface area contributed by atoms with E-state index in [2.05, 4.69) is 0 Å². The van der Waals surface area contributed by atoms with Crippen molar-refractivity contribution >= 4 is 0 Å². The summed E-state index contributed by atoms with van der Waals surface area (Å²) < 4.78 is 15.8. The number of allylic oxidation sites excluding steroid dienone is 2. The molecule has 0 aromatic carbocycles. The van der Waals surface area contributed by atoms with Gasteiger partial charge in [0.1, 0.15) is 5.76 Å². The summed E-state index contributed by atoms with van der Waals surface area (Å²) in [6.45, 7) is 0.322. The fourth-order valence-corrected chi connectivity index (χ4v) is 1.39. The first-order valence-corrected chi connectivity index (χ1v) is 3.50. The zero-order valence-corrected chi connectivity index (χ0v) is 5.74. The zero-order valence-electron chi connectivity index (χ0n) is 5.74. The summed E-state index contributed by atoms with van der Waals surface area (Å²) in [7, 11) is 0. The molecule has 56 valence electrons. The molecule has 2 bridgehead atoms. The minimum atomic E-state index is -0.0347. The van der Waals surface area contributed by atoms with E-state index in [1.807, 2.05) is 18.2 Å². The van der Waals surface area contributed by atoms with E-state index >= 15 is 0 Å². The van der Waals surface area contributed by atoms with Gasteiger partial charge in [-0.2, -0.15) is 0 Å². The van der Waals surface area contributed by atoms with E-state index in [0.29, 0.717) is 6.79 Å². The summed E-state index contributed by atoms with van der Waals surface area (Å²) in [6, 6.07) is 0. The Morgan fingerprint density at radius 2 is 2.36 bits per heavy atom. The maximum absolute atomic E-state index is 5.40. The fraction of sp³-hybridized carbons (Fsp3) is 0.250. The van der Waals surface area contributed by atoms with Crippen molar-refractivity contribution in [1.82, 2.24) is 0 Å². The largest absolute Gasteiger partial charge is 0.478 e. The van der Waals surface area contributed by atoms with Gasteiger partial charge in [-0.25, -0.2) is 0 Å². The van der Waals surface area contributed by atoms with Crippen LogP contribution in [-0.2, 0) is 14.2 Å². The van der Waals surface area contributed by atoms with Crippen LogP contribution in [0.1, 0.15) is 0 Å². The van der Waals surface area contributed by atoms with Crippen LogP contribution in [0.4, 0.5) is 0 Å². The molecule has 0 spiro atoms. The highest BCUT2D eigenvalue weighted by Gasteiger charge is 2.32. The molecule has 0 saturated carbocycles. The second-order valence-electron chi connectivity index (χ2n) is 2.58. The lowest BCUT2D eigenvalue weighted by molar-refractivity contribution is 0.0567. The van der Waals surface area contributed by atoms with E-state index in [0.717, 1.165) is 17.3 Å². The lowest BCUT2D eigenvalue weighted by Crippen LogP contribution is -2.12. The van der Waals surface area contributed by atoms with Crippen molar-refractivity contribution in [2.45, 2.75) is 6.10 Å². The fourth-order valence-electron chi connectivity index (χ4n) is 1.39. The standard InChI is InChI=1S/C8H6O3/c1-2-6-8-7(9-4-10-8)3-5(1)11-6/h1-3,6H,4H2. The minimum absolute atomic E-state index is 0.0347. The zero-order chi connectivity index (χ0) is 7.26. The maximum Gasteiger partial charge on any atom is 0.231 e. The first kappa shape index (κ1) is 5.29. The number of ether oxygens (including phenoxy) is 3. The Kier molecular flexibility index (Phi) is 0.776. The molecule has 0 amide bonds. The van der Waals surface area contributed by atoms with E-state index in [1.54, 1.807) is 0 Å². The van der Waals surface area contributed by atoms with Crippen LogP contribution in [0.2, 0.25) is 0 Å². The third-order valence-electron chi connectivity index (χ3n) is 1.90. The van der Waals surface area contributed by atoms with Crippen LogP contribution in [0.15, 0.2) is 35.5 Å².